The molecule has 3 saturated carbocycles. The number of rotatable bonds is 3. The fourth-order valence-electron chi connectivity index (χ4n) is 5.30. The van der Waals surface area contributed by atoms with Crippen LogP contribution in [-0.2, 0) is 7.05 Å². The minimum Gasteiger partial charge on any atom is -0.366 e. The highest BCUT2D eigenvalue weighted by Gasteiger charge is 2.36. The van der Waals surface area contributed by atoms with Crippen molar-refractivity contribution in [3.05, 3.63) is 36.0 Å². The molecule has 0 radical (unpaired) electrons. The Labute approximate surface area is 171 Å². The molecule has 3 heterocycles. The lowest BCUT2D eigenvalue weighted by Gasteiger charge is -2.42. The Kier molecular flexibility index (Phi) is 3.85. The zero-order valence-corrected chi connectivity index (χ0v) is 16.6. The maximum atomic E-state index is 14.1. The molecule has 0 amide bonds. The van der Waals surface area contributed by atoms with E-state index in [-0.39, 0.29) is 5.52 Å². The first-order valence-corrected chi connectivity index (χ1v) is 10.5. The molecule has 6 nitrogen and oxygen atoms in total. The maximum Gasteiger partial charge on any atom is 0.182 e. The van der Waals surface area contributed by atoms with Crippen LogP contribution in [0.2, 0.25) is 0 Å². The lowest BCUT2D eigenvalue weighted by atomic mass is 9.68. The molecule has 3 aromatic heterocycles. The molecule has 1 unspecified atom stereocenters. The van der Waals surface area contributed by atoms with Crippen LogP contribution in [0.3, 0.4) is 0 Å². The predicted molar refractivity (Wildman–Crippen MR) is 111 cm³/mol. The number of fused-ring (bicyclic) bond motifs is 5. The maximum absolute atomic E-state index is 14.1. The largest absolute Gasteiger partial charge is 0.366 e. The Bertz CT molecular complexity index is 1270. The van der Waals surface area contributed by atoms with Crippen LogP contribution in [0.4, 0.5) is 14.6 Å². The molecule has 8 heteroatoms. The van der Waals surface area contributed by atoms with Crippen molar-refractivity contribution in [3.63, 3.8) is 0 Å². The van der Waals surface area contributed by atoms with E-state index >= 15 is 0 Å². The standard InChI is InChI=1S/C22H22F2N6/c1-30-7-6-14-20(25-17-8-11-2-4-12(17)5-3-11)26-21(27-22(14)30)19-15-9-13(23)10-16(24)18(15)28-29-19/h6-7,9-12,17H,2-5,8H2,1H3,(H,28,29)(H,25,26,27). The summed E-state index contributed by atoms with van der Waals surface area (Å²) in [6.07, 6.45) is 8.31. The van der Waals surface area contributed by atoms with Gasteiger partial charge in [-0.2, -0.15) is 5.10 Å². The third-order valence-electron chi connectivity index (χ3n) is 6.89. The first kappa shape index (κ1) is 17.8. The van der Waals surface area contributed by atoms with Gasteiger partial charge in [0.25, 0.3) is 0 Å². The number of aromatic amines is 1. The molecule has 3 aliphatic rings. The van der Waals surface area contributed by atoms with E-state index in [9.17, 15) is 8.78 Å². The summed E-state index contributed by atoms with van der Waals surface area (Å²) in [6, 6.07) is 4.51. The quantitative estimate of drug-likeness (QED) is 0.512. The van der Waals surface area contributed by atoms with Gasteiger partial charge in [0.2, 0.25) is 0 Å². The van der Waals surface area contributed by atoms with Gasteiger partial charge in [-0.05, 0) is 43.2 Å². The molecule has 0 saturated heterocycles. The number of benzene rings is 1. The van der Waals surface area contributed by atoms with Crippen LogP contribution in [0.15, 0.2) is 24.4 Å². The molecule has 1 aromatic carbocycles. The number of hydrogen-bond acceptors (Lipinski definition) is 4. The van der Waals surface area contributed by atoms with E-state index < -0.39 is 11.6 Å². The number of nitrogens with one attached hydrogen (secondary N) is 2. The first-order chi connectivity index (χ1) is 14.6. The van der Waals surface area contributed by atoms with Crippen LogP contribution in [0.1, 0.15) is 32.1 Å². The molecule has 154 valence electrons. The molecule has 7 rings (SSSR count). The molecule has 2 N–H and O–H groups in total. The van der Waals surface area contributed by atoms with Crippen LogP contribution in [0.25, 0.3) is 33.5 Å². The predicted octanol–water partition coefficient (Wildman–Crippen LogP) is 4.78. The molecule has 0 aliphatic heterocycles. The molecule has 2 bridgehead atoms. The highest BCUT2D eigenvalue weighted by atomic mass is 19.1. The average Bonchev–Trinajstić information content (AvgIpc) is 3.33. The molecule has 0 spiro atoms. The summed E-state index contributed by atoms with van der Waals surface area (Å²) in [5.41, 5.74) is 1.27. The Morgan fingerprint density at radius 3 is 2.70 bits per heavy atom. The zero-order chi connectivity index (χ0) is 20.4. The van der Waals surface area contributed by atoms with Gasteiger partial charge >= 0.3 is 0 Å². The Morgan fingerprint density at radius 1 is 1.10 bits per heavy atom. The van der Waals surface area contributed by atoms with E-state index in [0.717, 1.165) is 28.8 Å². The highest BCUT2D eigenvalue weighted by Crippen LogP contribution is 2.43. The van der Waals surface area contributed by atoms with Crippen molar-refractivity contribution in [1.82, 2.24) is 24.7 Å². The Morgan fingerprint density at radius 2 is 1.93 bits per heavy atom. The minimum absolute atomic E-state index is 0.0843. The third-order valence-corrected chi connectivity index (χ3v) is 6.89. The summed E-state index contributed by atoms with van der Waals surface area (Å²) >= 11 is 0. The van der Waals surface area contributed by atoms with E-state index in [0.29, 0.717) is 28.9 Å². The minimum atomic E-state index is -0.705. The lowest BCUT2D eigenvalue weighted by molar-refractivity contribution is 0.157. The van der Waals surface area contributed by atoms with Crippen molar-refractivity contribution in [2.75, 3.05) is 5.32 Å². The van der Waals surface area contributed by atoms with Crippen molar-refractivity contribution in [2.45, 2.75) is 38.1 Å². The summed E-state index contributed by atoms with van der Waals surface area (Å²) < 4.78 is 29.9. The van der Waals surface area contributed by atoms with Gasteiger partial charge < -0.3 is 9.88 Å². The van der Waals surface area contributed by atoms with E-state index in [1.54, 1.807) is 0 Å². The van der Waals surface area contributed by atoms with Crippen molar-refractivity contribution in [1.29, 1.82) is 0 Å². The van der Waals surface area contributed by atoms with Gasteiger partial charge in [0.05, 0.1) is 5.39 Å². The lowest BCUT2D eigenvalue weighted by Crippen LogP contribution is -2.40. The summed E-state index contributed by atoms with van der Waals surface area (Å²) in [7, 11) is 1.93. The Balaban J connectivity index is 1.49. The number of anilines is 1. The average molecular weight is 408 g/mol. The highest BCUT2D eigenvalue weighted by molar-refractivity contribution is 5.94. The van der Waals surface area contributed by atoms with Crippen molar-refractivity contribution in [3.8, 4) is 11.5 Å². The second kappa shape index (κ2) is 6.48. The number of hydrogen-bond donors (Lipinski definition) is 2. The second-order valence-corrected chi connectivity index (χ2v) is 8.71. The van der Waals surface area contributed by atoms with Gasteiger partial charge in [-0.3, -0.25) is 5.10 Å². The topological polar surface area (TPSA) is 71.4 Å². The van der Waals surface area contributed by atoms with Crippen molar-refractivity contribution < 1.29 is 8.78 Å². The van der Waals surface area contributed by atoms with Crippen LogP contribution < -0.4 is 5.32 Å². The van der Waals surface area contributed by atoms with Gasteiger partial charge in [0, 0.05) is 30.7 Å². The summed E-state index contributed by atoms with van der Waals surface area (Å²) in [5.74, 6) is 1.25. The SMILES string of the molecule is Cn1ccc2c(NC3CC4CCC3CC4)nc(-c3[nH]nc4c(F)cc(F)cc34)nc21. The van der Waals surface area contributed by atoms with Gasteiger partial charge in [-0.25, -0.2) is 18.7 Å². The molecule has 3 fully saturated rings. The van der Waals surface area contributed by atoms with Crippen molar-refractivity contribution >= 4 is 27.8 Å². The fraction of sp³-hybridized carbons (Fsp3) is 0.409. The van der Waals surface area contributed by atoms with Crippen LogP contribution >= 0.6 is 0 Å². The van der Waals surface area contributed by atoms with Crippen molar-refractivity contribution in [2.24, 2.45) is 18.9 Å². The summed E-state index contributed by atoms with van der Waals surface area (Å²) in [6.45, 7) is 0. The van der Waals surface area contributed by atoms with E-state index in [1.807, 2.05) is 23.9 Å². The Hall–Kier alpha value is -3.03. The summed E-state index contributed by atoms with van der Waals surface area (Å²) in [5, 5.41) is 11.8. The van der Waals surface area contributed by atoms with Gasteiger partial charge in [0.1, 0.15) is 28.5 Å². The number of nitrogens with zero attached hydrogens (tertiary/aromatic N) is 4. The molecule has 30 heavy (non-hydrogen) atoms. The normalized spacial score (nSPS) is 23.5. The monoisotopic (exact) mass is 408 g/mol. The molecular weight excluding hydrogens is 386 g/mol. The van der Waals surface area contributed by atoms with Gasteiger partial charge in [0.15, 0.2) is 11.6 Å². The summed E-state index contributed by atoms with van der Waals surface area (Å²) in [4.78, 5) is 9.48. The zero-order valence-electron chi connectivity index (χ0n) is 16.6. The number of aryl methyl sites for hydroxylation is 1. The van der Waals surface area contributed by atoms with Crippen LogP contribution in [0.5, 0.6) is 0 Å². The third kappa shape index (κ3) is 2.69. The van der Waals surface area contributed by atoms with E-state index in [2.05, 4.69) is 20.5 Å². The van der Waals surface area contributed by atoms with E-state index in [1.165, 1.54) is 38.2 Å². The molecule has 4 aromatic rings. The second-order valence-electron chi connectivity index (χ2n) is 8.71. The van der Waals surface area contributed by atoms with E-state index in [4.69, 9.17) is 4.98 Å². The van der Waals surface area contributed by atoms with Gasteiger partial charge in [-0.1, -0.05) is 12.8 Å². The van der Waals surface area contributed by atoms with Gasteiger partial charge in [-0.15, -0.1) is 0 Å². The first-order valence-electron chi connectivity index (χ1n) is 10.5. The smallest absolute Gasteiger partial charge is 0.182 e. The molecule has 3 aliphatic carbocycles. The van der Waals surface area contributed by atoms with Crippen LogP contribution in [0, 0.1) is 23.5 Å². The number of aromatic nitrogens is 5. The number of H-pyrrole nitrogens is 1. The fourth-order valence-corrected chi connectivity index (χ4v) is 5.30. The molecular formula is C22H22F2N6. The number of halogens is 2. The van der Waals surface area contributed by atoms with Crippen LogP contribution in [-0.4, -0.2) is 30.8 Å². The molecule has 1 atom stereocenters.